The number of rotatable bonds is 9. The van der Waals surface area contributed by atoms with Crippen LogP contribution < -0.4 is 24.1 Å². The van der Waals surface area contributed by atoms with Gasteiger partial charge in [0, 0.05) is 25.0 Å². The van der Waals surface area contributed by atoms with Crippen LogP contribution in [0.1, 0.15) is 41.5 Å². The van der Waals surface area contributed by atoms with Gasteiger partial charge in [0.15, 0.2) is 17.2 Å². The number of ether oxygens (including phenoxy) is 3. The summed E-state index contributed by atoms with van der Waals surface area (Å²) in [5, 5.41) is 5.40. The summed E-state index contributed by atoms with van der Waals surface area (Å²) in [6.45, 7) is 5.64. The third-order valence-corrected chi connectivity index (χ3v) is 5.47. The lowest BCUT2D eigenvalue weighted by Crippen LogP contribution is -2.44. The summed E-state index contributed by atoms with van der Waals surface area (Å²) in [5.41, 5.74) is 2.74. The van der Waals surface area contributed by atoms with Crippen LogP contribution in [0.5, 0.6) is 17.2 Å². The molecular formula is C25H31N2O4+. The van der Waals surface area contributed by atoms with Crippen LogP contribution in [0.2, 0.25) is 0 Å². The summed E-state index contributed by atoms with van der Waals surface area (Å²) < 4.78 is 18.4. The van der Waals surface area contributed by atoms with E-state index in [0.717, 1.165) is 30.5 Å². The first kappa shape index (κ1) is 22.4. The van der Waals surface area contributed by atoms with E-state index in [1.807, 2.05) is 12.1 Å². The van der Waals surface area contributed by atoms with Crippen LogP contribution in [0.4, 0.5) is 0 Å². The largest absolute Gasteiger partial charge is 0.493 e. The SMILES string of the molecule is CCCC[n+]1c(C)cc2ccccc2c1CNC(=O)c1cc(OC)c(OC)c(OC)c1. The lowest BCUT2D eigenvalue weighted by molar-refractivity contribution is -0.709. The van der Waals surface area contributed by atoms with Crippen LogP contribution in [0.25, 0.3) is 10.8 Å². The molecule has 1 aromatic heterocycles. The maximum atomic E-state index is 13.0. The van der Waals surface area contributed by atoms with Crippen molar-refractivity contribution < 1.29 is 23.6 Å². The van der Waals surface area contributed by atoms with Crippen molar-refractivity contribution in [2.45, 2.75) is 39.8 Å². The number of aryl methyl sites for hydroxylation is 1. The van der Waals surface area contributed by atoms with Gasteiger partial charge in [-0.25, -0.2) is 0 Å². The molecule has 3 rings (SSSR count). The minimum atomic E-state index is -0.202. The van der Waals surface area contributed by atoms with Gasteiger partial charge in [-0.05, 0) is 23.6 Å². The molecule has 0 aliphatic rings. The van der Waals surface area contributed by atoms with E-state index in [2.05, 4.69) is 41.9 Å². The Labute approximate surface area is 183 Å². The van der Waals surface area contributed by atoms with Crippen molar-refractivity contribution in [3.8, 4) is 17.2 Å². The Bertz CT molecular complexity index is 1050. The van der Waals surface area contributed by atoms with Gasteiger partial charge in [-0.1, -0.05) is 31.5 Å². The normalized spacial score (nSPS) is 10.7. The molecule has 0 fully saturated rings. The molecule has 0 aliphatic heterocycles. The molecule has 164 valence electrons. The second kappa shape index (κ2) is 10.2. The predicted octanol–water partition coefficient (Wildman–Crippen LogP) is 4.19. The number of fused-ring (bicyclic) bond motifs is 1. The molecule has 0 saturated heterocycles. The van der Waals surface area contributed by atoms with E-state index in [1.165, 1.54) is 32.4 Å². The Morgan fingerprint density at radius 1 is 1.00 bits per heavy atom. The number of nitrogens with one attached hydrogen (secondary N) is 1. The zero-order chi connectivity index (χ0) is 22.4. The van der Waals surface area contributed by atoms with E-state index in [4.69, 9.17) is 14.2 Å². The number of hydrogen-bond donors (Lipinski definition) is 1. The summed E-state index contributed by atoms with van der Waals surface area (Å²) in [6.07, 6.45) is 2.19. The van der Waals surface area contributed by atoms with Crippen molar-refractivity contribution in [3.05, 3.63) is 59.4 Å². The number of aromatic nitrogens is 1. The number of benzene rings is 2. The van der Waals surface area contributed by atoms with E-state index in [9.17, 15) is 4.79 Å². The molecule has 1 heterocycles. The quantitative estimate of drug-likeness (QED) is 0.524. The molecule has 2 aromatic carbocycles. The third-order valence-electron chi connectivity index (χ3n) is 5.47. The fraction of sp³-hybridized carbons (Fsp3) is 0.360. The van der Waals surface area contributed by atoms with E-state index in [-0.39, 0.29) is 5.91 Å². The van der Waals surface area contributed by atoms with Gasteiger partial charge in [0.05, 0.1) is 26.7 Å². The fourth-order valence-corrected chi connectivity index (χ4v) is 3.84. The highest BCUT2D eigenvalue weighted by Gasteiger charge is 2.21. The second-order valence-corrected chi connectivity index (χ2v) is 7.42. The summed E-state index contributed by atoms with van der Waals surface area (Å²) in [7, 11) is 4.61. The molecular weight excluding hydrogens is 392 g/mol. The van der Waals surface area contributed by atoms with Crippen molar-refractivity contribution in [1.82, 2.24) is 5.32 Å². The Morgan fingerprint density at radius 3 is 2.29 bits per heavy atom. The monoisotopic (exact) mass is 423 g/mol. The number of methoxy groups -OCH3 is 3. The Morgan fingerprint density at radius 2 is 1.68 bits per heavy atom. The zero-order valence-electron chi connectivity index (χ0n) is 19.0. The van der Waals surface area contributed by atoms with E-state index >= 15 is 0 Å². The van der Waals surface area contributed by atoms with Crippen molar-refractivity contribution in [3.63, 3.8) is 0 Å². The first-order valence-corrected chi connectivity index (χ1v) is 10.5. The van der Waals surface area contributed by atoms with Crippen molar-refractivity contribution in [2.75, 3.05) is 21.3 Å². The number of nitrogens with zero attached hydrogens (tertiary/aromatic N) is 1. The Kier molecular flexibility index (Phi) is 7.34. The van der Waals surface area contributed by atoms with E-state index in [0.29, 0.717) is 29.4 Å². The summed E-state index contributed by atoms with van der Waals surface area (Å²) in [6, 6.07) is 13.8. The van der Waals surface area contributed by atoms with Gasteiger partial charge in [0.1, 0.15) is 13.1 Å². The number of amides is 1. The smallest absolute Gasteiger partial charge is 0.252 e. The Balaban J connectivity index is 1.94. The molecule has 0 spiro atoms. The topological polar surface area (TPSA) is 60.7 Å². The van der Waals surface area contributed by atoms with Gasteiger partial charge >= 0.3 is 0 Å². The number of hydrogen-bond acceptors (Lipinski definition) is 4. The van der Waals surface area contributed by atoms with E-state index < -0.39 is 0 Å². The molecule has 0 saturated carbocycles. The molecule has 1 amide bonds. The van der Waals surface area contributed by atoms with Crippen molar-refractivity contribution in [1.29, 1.82) is 0 Å². The zero-order valence-corrected chi connectivity index (χ0v) is 19.0. The number of carbonyl (C=O) groups is 1. The molecule has 3 aromatic rings. The molecule has 0 bridgehead atoms. The second-order valence-electron chi connectivity index (χ2n) is 7.42. The van der Waals surface area contributed by atoms with Crippen LogP contribution in [0.15, 0.2) is 42.5 Å². The molecule has 0 atom stereocenters. The molecule has 0 radical (unpaired) electrons. The third kappa shape index (κ3) is 4.74. The van der Waals surface area contributed by atoms with Gasteiger partial charge < -0.3 is 19.5 Å². The molecule has 1 N–H and O–H groups in total. The van der Waals surface area contributed by atoms with Crippen LogP contribution in [-0.2, 0) is 13.1 Å². The van der Waals surface area contributed by atoms with Gasteiger partial charge in [-0.2, -0.15) is 4.57 Å². The van der Waals surface area contributed by atoms with Gasteiger partial charge in [0.25, 0.3) is 5.91 Å². The van der Waals surface area contributed by atoms with Crippen LogP contribution in [-0.4, -0.2) is 27.2 Å². The fourth-order valence-electron chi connectivity index (χ4n) is 3.84. The maximum absolute atomic E-state index is 13.0. The minimum Gasteiger partial charge on any atom is -0.493 e. The van der Waals surface area contributed by atoms with Crippen LogP contribution >= 0.6 is 0 Å². The highest BCUT2D eigenvalue weighted by atomic mass is 16.5. The lowest BCUT2D eigenvalue weighted by atomic mass is 10.1. The molecule has 6 heteroatoms. The lowest BCUT2D eigenvalue weighted by Gasteiger charge is -2.14. The number of carbonyl (C=O) groups excluding carboxylic acids is 1. The first-order valence-electron chi connectivity index (χ1n) is 10.5. The van der Waals surface area contributed by atoms with E-state index in [1.54, 1.807) is 12.1 Å². The summed E-state index contributed by atoms with van der Waals surface area (Å²) in [5.74, 6) is 1.16. The molecule has 0 aliphatic carbocycles. The Hall–Kier alpha value is -3.28. The number of pyridine rings is 1. The molecule has 0 unspecified atom stereocenters. The van der Waals surface area contributed by atoms with Gasteiger partial charge in [-0.3, -0.25) is 4.79 Å². The van der Waals surface area contributed by atoms with Crippen LogP contribution in [0, 0.1) is 6.92 Å². The minimum absolute atomic E-state index is 0.202. The molecule has 6 nitrogen and oxygen atoms in total. The van der Waals surface area contributed by atoms with Gasteiger partial charge in [-0.15, -0.1) is 0 Å². The predicted molar refractivity (Wildman–Crippen MR) is 121 cm³/mol. The van der Waals surface area contributed by atoms with Crippen LogP contribution in [0.3, 0.4) is 0 Å². The van der Waals surface area contributed by atoms with Gasteiger partial charge in [0.2, 0.25) is 11.4 Å². The standard InChI is InChI=1S/C25H30N2O4/c1-6-7-12-27-17(2)13-18-10-8-9-11-20(18)21(27)16-26-25(28)19-14-22(29-3)24(31-5)23(15-19)30-4/h8-11,13-15H,6-7,12,16H2,1-5H3/p+1. The van der Waals surface area contributed by atoms with Crippen molar-refractivity contribution >= 4 is 16.7 Å². The first-order chi connectivity index (χ1) is 15.0. The summed E-state index contributed by atoms with van der Waals surface area (Å²) >= 11 is 0. The summed E-state index contributed by atoms with van der Waals surface area (Å²) in [4.78, 5) is 13.0. The highest BCUT2D eigenvalue weighted by molar-refractivity contribution is 5.96. The van der Waals surface area contributed by atoms with Crippen molar-refractivity contribution in [2.24, 2.45) is 0 Å². The average Bonchev–Trinajstić information content (AvgIpc) is 2.80. The number of unbranched alkanes of at least 4 members (excludes halogenated alkanes) is 1. The average molecular weight is 424 g/mol. The highest BCUT2D eigenvalue weighted by Crippen LogP contribution is 2.38. The molecule has 31 heavy (non-hydrogen) atoms. The maximum Gasteiger partial charge on any atom is 0.252 e.